The second-order valence-electron chi connectivity index (χ2n) is 3.31. The molecule has 0 amide bonds. The summed E-state index contributed by atoms with van der Waals surface area (Å²) in [5, 5.41) is 2.24. The van der Waals surface area contributed by atoms with Gasteiger partial charge in [-0.05, 0) is 29.5 Å². The Bertz CT molecular complexity index is 392. The maximum Gasteiger partial charge on any atom is 0.0361 e. The van der Waals surface area contributed by atoms with E-state index in [1.54, 1.807) is 11.3 Å². The Hall–Kier alpha value is -1.15. The van der Waals surface area contributed by atoms with Crippen LogP contribution in [0.15, 0.2) is 36.0 Å². The quantitative estimate of drug-likeness (QED) is 0.740. The Morgan fingerprint density at radius 3 is 3.07 bits per heavy atom. The first kappa shape index (κ1) is 9.41. The summed E-state index contributed by atoms with van der Waals surface area (Å²) in [6, 6.07) is 6.36. The van der Waals surface area contributed by atoms with E-state index < -0.39 is 0 Å². The lowest BCUT2D eigenvalue weighted by Gasteiger charge is -1.94. The Morgan fingerprint density at radius 1 is 1.43 bits per heavy atom. The number of rotatable bonds is 3. The van der Waals surface area contributed by atoms with Crippen LogP contribution in [0.2, 0.25) is 0 Å². The summed E-state index contributed by atoms with van der Waals surface area (Å²) in [7, 11) is 0. The molecule has 1 nitrogen and oxygen atoms in total. The van der Waals surface area contributed by atoms with Gasteiger partial charge in [0.15, 0.2) is 0 Å². The van der Waals surface area contributed by atoms with Crippen molar-refractivity contribution >= 4 is 11.3 Å². The number of hydrogen-bond donors (Lipinski definition) is 0. The van der Waals surface area contributed by atoms with Gasteiger partial charge in [-0.25, -0.2) is 0 Å². The summed E-state index contributed by atoms with van der Waals surface area (Å²) in [5.41, 5.74) is 2.66. The molecule has 72 valence electrons. The Labute approximate surface area is 88.4 Å². The van der Waals surface area contributed by atoms with E-state index in [4.69, 9.17) is 0 Å². The van der Waals surface area contributed by atoms with Crippen LogP contribution in [0, 0.1) is 0 Å². The smallest absolute Gasteiger partial charge is 0.0361 e. The third kappa shape index (κ3) is 2.02. The van der Waals surface area contributed by atoms with Crippen molar-refractivity contribution in [3.63, 3.8) is 0 Å². The van der Waals surface area contributed by atoms with Crippen molar-refractivity contribution in [3.8, 4) is 10.4 Å². The van der Waals surface area contributed by atoms with Crippen molar-refractivity contribution in [2.45, 2.75) is 19.8 Å². The molecule has 2 heteroatoms. The average molecular weight is 203 g/mol. The van der Waals surface area contributed by atoms with Gasteiger partial charge < -0.3 is 0 Å². The highest BCUT2D eigenvalue weighted by Crippen LogP contribution is 2.26. The summed E-state index contributed by atoms with van der Waals surface area (Å²) in [5.74, 6) is 0. The van der Waals surface area contributed by atoms with Crippen molar-refractivity contribution in [3.05, 3.63) is 41.5 Å². The molecule has 0 saturated carbocycles. The molecule has 0 aromatic carbocycles. The van der Waals surface area contributed by atoms with Gasteiger partial charge in [-0.3, -0.25) is 4.98 Å². The first-order chi connectivity index (χ1) is 6.90. The summed E-state index contributed by atoms with van der Waals surface area (Å²) < 4.78 is 0. The molecule has 2 aromatic heterocycles. The molecule has 2 rings (SSSR count). The van der Waals surface area contributed by atoms with Gasteiger partial charge in [0.05, 0.1) is 0 Å². The maximum absolute atomic E-state index is 4.12. The molecule has 2 heterocycles. The van der Waals surface area contributed by atoms with Crippen LogP contribution in [0.5, 0.6) is 0 Å². The molecule has 2 aromatic rings. The number of thiophene rings is 1. The van der Waals surface area contributed by atoms with Crippen molar-refractivity contribution in [2.24, 2.45) is 0 Å². The Kier molecular flexibility index (Phi) is 2.94. The first-order valence-electron chi connectivity index (χ1n) is 4.88. The highest BCUT2D eigenvalue weighted by atomic mass is 32.1. The topological polar surface area (TPSA) is 12.9 Å². The summed E-state index contributed by atoms with van der Waals surface area (Å²) in [6.07, 6.45) is 6.12. The van der Waals surface area contributed by atoms with Crippen LogP contribution in [-0.4, -0.2) is 4.98 Å². The average Bonchev–Trinajstić information content (AvgIpc) is 2.68. The molecule has 0 N–H and O–H groups in total. The lowest BCUT2D eigenvalue weighted by Crippen LogP contribution is -1.76. The van der Waals surface area contributed by atoms with Gasteiger partial charge in [0, 0.05) is 22.8 Å². The zero-order chi connectivity index (χ0) is 9.80. The van der Waals surface area contributed by atoms with E-state index >= 15 is 0 Å². The largest absolute Gasteiger partial charge is 0.264 e. The molecule has 0 aliphatic carbocycles. The fraction of sp³-hybridized carbons (Fsp3) is 0.250. The molecule has 0 unspecified atom stereocenters. The molecular formula is C12H13NS. The van der Waals surface area contributed by atoms with Gasteiger partial charge in [0.2, 0.25) is 0 Å². The van der Waals surface area contributed by atoms with Gasteiger partial charge in [-0.2, -0.15) is 0 Å². The van der Waals surface area contributed by atoms with Gasteiger partial charge in [-0.15, -0.1) is 11.3 Å². The minimum absolute atomic E-state index is 1.18. The summed E-state index contributed by atoms with van der Waals surface area (Å²) >= 11 is 1.80. The van der Waals surface area contributed by atoms with E-state index in [-0.39, 0.29) is 0 Å². The summed E-state index contributed by atoms with van der Waals surface area (Å²) in [4.78, 5) is 5.44. The third-order valence-corrected chi connectivity index (χ3v) is 3.17. The van der Waals surface area contributed by atoms with Crippen molar-refractivity contribution in [1.29, 1.82) is 0 Å². The SMILES string of the molecule is CCCc1csc(-c2cccnc2)c1. The predicted octanol–water partition coefficient (Wildman–Crippen LogP) is 3.76. The summed E-state index contributed by atoms with van der Waals surface area (Å²) in [6.45, 7) is 2.21. The number of hydrogen-bond acceptors (Lipinski definition) is 2. The van der Waals surface area contributed by atoms with E-state index in [0.717, 1.165) is 0 Å². The van der Waals surface area contributed by atoms with Crippen LogP contribution in [0.3, 0.4) is 0 Å². The van der Waals surface area contributed by atoms with E-state index in [0.29, 0.717) is 0 Å². The van der Waals surface area contributed by atoms with Crippen LogP contribution >= 0.6 is 11.3 Å². The first-order valence-corrected chi connectivity index (χ1v) is 5.76. The number of aromatic nitrogens is 1. The fourth-order valence-corrected chi connectivity index (χ4v) is 2.40. The molecule has 0 bridgehead atoms. The molecule has 14 heavy (non-hydrogen) atoms. The normalized spacial score (nSPS) is 10.4. The van der Waals surface area contributed by atoms with E-state index in [1.807, 2.05) is 18.5 Å². The molecule has 0 spiro atoms. The molecule has 0 saturated heterocycles. The fourth-order valence-electron chi connectivity index (χ4n) is 1.46. The van der Waals surface area contributed by atoms with Gasteiger partial charge in [-0.1, -0.05) is 19.4 Å². The Balaban J connectivity index is 2.25. The van der Waals surface area contributed by atoms with Crippen LogP contribution in [0.4, 0.5) is 0 Å². The standard InChI is InChI=1S/C12H13NS/c1-2-4-10-7-12(14-9-10)11-5-3-6-13-8-11/h3,5-9H,2,4H2,1H3. The highest BCUT2D eigenvalue weighted by Gasteiger charge is 2.01. The third-order valence-electron chi connectivity index (χ3n) is 2.14. The van der Waals surface area contributed by atoms with E-state index in [9.17, 15) is 0 Å². The zero-order valence-corrected chi connectivity index (χ0v) is 9.05. The number of pyridine rings is 1. The van der Waals surface area contributed by atoms with Crippen LogP contribution in [0.1, 0.15) is 18.9 Å². The van der Waals surface area contributed by atoms with Gasteiger partial charge in [0.1, 0.15) is 0 Å². The van der Waals surface area contributed by atoms with Crippen LogP contribution in [0.25, 0.3) is 10.4 Å². The lowest BCUT2D eigenvalue weighted by atomic mass is 10.1. The maximum atomic E-state index is 4.12. The monoisotopic (exact) mass is 203 g/mol. The lowest BCUT2D eigenvalue weighted by molar-refractivity contribution is 0.927. The van der Waals surface area contributed by atoms with Crippen molar-refractivity contribution in [1.82, 2.24) is 4.98 Å². The van der Waals surface area contributed by atoms with E-state index in [1.165, 1.54) is 28.8 Å². The van der Waals surface area contributed by atoms with Gasteiger partial charge >= 0.3 is 0 Å². The predicted molar refractivity (Wildman–Crippen MR) is 61.5 cm³/mol. The minimum Gasteiger partial charge on any atom is -0.264 e. The molecular weight excluding hydrogens is 190 g/mol. The zero-order valence-electron chi connectivity index (χ0n) is 8.23. The van der Waals surface area contributed by atoms with Crippen LogP contribution < -0.4 is 0 Å². The number of aryl methyl sites for hydroxylation is 1. The molecule has 0 radical (unpaired) electrons. The second kappa shape index (κ2) is 4.38. The van der Waals surface area contributed by atoms with Crippen LogP contribution in [-0.2, 0) is 6.42 Å². The van der Waals surface area contributed by atoms with Crippen molar-refractivity contribution < 1.29 is 0 Å². The second-order valence-corrected chi connectivity index (χ2v) is 4.22. The molecule has 0 aliphatic heterocycles. The Morgan fingerprint density at radius 2 is 2.36 bits per heavy atom. The molecule has 0 fully saturated rings. The molecule has 0 atom stereocenters. The minimum atomic E-state index is 1.18. The van der Waals surface area contributed by atoms with Crippen molar-refractivity contribution in [2.75, 3.05) is 0 Å². The van der Waals surface area contributed by atoms with Gasteiger partial charge in [0.25, 0.3) is 0 Å². The molecule has 0 aliphatic rings. The van der Waals surface area contributed by atoms with E-state index in [2.05, 4.69) is 29.4 Å². The highest BCUT2D eigenvalue weighted by molar-refractivity contribution is 7.13. The number of nitrogens with zero attached hydrogens (tertiary/aromatic N) is 1.